The van der Waals surface area contributed by atoms with Gasteiger partial charge in [0.2, 0.25) is 10.0 Å². The lowest BCUT2D eigenvalue weighted by molar-refractivity contribution is 0.472. The molecular formula is C17H16BrN3O4S. The third kappa shape index (κ3) is 3.64. The van der Waals surface area contributed by atoms with Crippen molar-refractivity contribution in [1.82, 2.24) is 14.7 Å². The Morgan fingerprint density at radius 2 is 1.50 bits per heavy atom. The summed E-state index contributed by atoms with van der Waals surface area (Å²) in [4.78, 5) is 27.6. The van der Waals surface area contributed by atoms with Crippen LogP contribution in [-0.4, -0.2) is 18.4 Å². The summed E-state index contributed by atoms with van der Waals surface area (Å²) in [5.41, 5.74) is -1.10. The molecule has 0 spiro atoms. The first-order valence-electron chi connectivity index (χ1n) is 7.65. The second-order valence-corrected chi connectivity index (χ2v) is 8.95. The van der Waals surface area contributed by atoms with Crippen molar-refractivity contribution < 1.29 is 8.42 Å². The van der Waals surface area contributed by atoms with Gasteiger partial charge in [-0.05, 0) is 49.7 Å². The van der Waals surface area contributed by atoms with Gasteiger partial charge >= 0.3 is 11.1 Å². The molecule has 0 bridgehead atoms. The van der Waals surface area contributed by atoms with Gasteiger partial charge in [-0.1, -0.05) is 28.1 Å². The number of aromatic nitrogens is 2. The van der Waals surface area contributed by atoms with Gasteiger partial charge in [-0.25, -0.2) is 13.1 Å². The lowest BCUT2D eigenvalue weighted by Crippen LogP contribution is -2.40. The third-order valence-electron chi connectivity index (χ3n) is 3.96. The molecule has 7 nitrogen and oxygen atoms in total. The fourth-order valence-corrected chi connectivity index (χ4v) is 4.27. The van der Waals surface area contributed by atoms with Crippen LogP contribution in [0.15, 0.2) is 61.4 Å². The van der Waals surface area contributed by atoms with Crippen molar-refractivity contribution in [3.05, 3.63) is 73.2 Å². The number of sulfonamides is 1. The summed E-state index contributed by atoms with van der Waals surface area (Å²) in [6.07, 6.45) is 0. The normalized spacial score (nSPS) is 12.4. The standard InChI is InChI=1S/C17H16BrN3O4S/c1-17(2,10-3-5-11(18)6-4-10)21-26(24,25)12-7-8-13-14(9-12)20-16(23)15(22)19-13/h3-9,21H,1-2H3,(H,19,22)(H,20,23). The van der Waals surface area contributed by atoms with Crippen molar-refractivity contribution >= 4 is 37.0 Å². The molecule has 0 radical (unpaired) electrons. The Labute approximate surface area is 157 Å². The largest absolute Gasteiger partial charge is 0.316 e. The van der Waals surface area contributed by atoms with E-state index in [4.69, 9.17) is 0 Å². The molecule has 0 saturated carbocycles. The highest BCUT2D eigenvalue weighted by Gasteiger charge is 2.28. The zero-order valence-electron chi connectivity index (χ0n) is 14.0. The molecule has 0 atom stereocenters. The minimum absolute atomic E-state index is 0.0158. The quantitative estimate of drug-likeness (QED) is 0.542. The fraction of sp³-hybridized carbons (Fsp3) is 0.176. The highest BCUT2D eigenvalue weighted by Crippen LogP contribution is 2.25. The highest BCUT2D eigenvalue weighted by atomic mass is 79.9. The first-order valence-corrected chi connectivity index (χ1v) is 9.92. The number of nitrogens with one attached hydrogen (secondary N) is 3. The van der Waals surface area contributed by atoms with Gasteiger partial charge in [-0.15, -0.1) is 0 Å². The van der Waals surface area contributed by atoms with Gasteiger partial charge in [0.25, 0.3) is 0 Å². The number of hydrogen-bond donors (Lipinski definition) is 3. The summed E-state index contributed by atoms with van der Waals surface area (Å²) in [5.74, 6) is 0. The molecule has 1 aromatic heterocycles. The molecule has 0 aliphatic heterocycles. The Bertz CT molecular complexity index is 1200. The van der Waals surface area contributed by atoms with E-state index in [1.54, 1.807) is 13.8 Å². The third-order valence-corrected chi connectivity index (χ3v) is 6.14. The Morgan fingerprint density at radius 1 is 0.923 bits per heavy atom. The van der Waals surface area contributed by atoms with E-state index in [9.17, 15) is 18.0 Å². The molecule has 0 fully saturated rings. The highest BCUT2D eigenvalue weighted by molar-refractivity contribution is 9.10. The lowest BCUT2D eigenvalue weighted by atomic mass is 9.96. The molecule has 2 aromatic carbocycles. The van der Waals surface area contributed by atoms with Crippen molar-refractivity contribution in [3.8, 4) is 0 Å². The molecule has 26 heavy (non-hydrogen) atoms. The van der Waals surface area contributed by atoms with Crippen molar-refractivity contribution in [2.45, 2.75) is 24.3 Å². The average molecular weight is 438 g/mol. The molecule has 0 aliphatic carbocycles. The van der Waals surface area contributed by atoms with Crippen LogP contribution in [0.4, 0.5) is 0 Å². The van der Waals surface area contributed by atoms with Crippen LogP contribution in [0.2, 0.25) is 0 Å². The number of hydrogen-bond acceptors (Lipinski definition) is 4. The van der Waals surface area contributed by atoms with E-state index >= 15 is 0 Å². The summed E-state index contributed by atoms with van der Waals surface area (Å²) in [6.45, 7) is 3.52. The van der Waals surface area contributed by atoms with Gasteiger partial charge in [0, 0.05) is 4.47 Å². The molecule has 0 saturated heterocycles. The van der Waals surface area contributed by atoms with Crippen LogP contribution in [0, 0.1) is 0 Å². The van der Waals surface area contributed by atoms with E-state index in [1.165, 1.54) is 18.2 Å². The van der Waals surface area contributed by atoms with E-state index in [-0.39, 0.29) is 10.4 Å². The number of halogens is 1. The Kier molecular flexibility index (Phi) is 4.63. The predicted molar refractivity (Wildman–Crippen MR) is 103 cm³/mol. The van der Waals surface area contributed by atoms with Crippen molar-refractivity contribution in [1.29, 1.82) is 0 Å². The summed E-state index contributed by atoms with van der Waals surface area (Å²) in [5, 5.41) is 0. The molecule has 0 amide bonds. The fourth-order valence-electron chi connectivity index (χ4n) is 2.58. The molecule has 9 heteroatoms. The van der Waals surface area contributed by atoms with Crippen LogP contribution < -0.4 is 15.8 Å². The summed E-state index contributed by atoms with van der Waals surface area (Å²) in [7, 11) is -3.87. The smallest absolute Gasteiger partial charge is 0.314 e. The van der Waals surface area contributed by atoms with Gasteiger partial charge in [0.15, 0.2) is 0 Å². The van der Waals surface area contributed by atoms with Gasteiger partial charge in [-0.3, -0.25) is 9.59 Å². The summed E-state index contributed by atoms with van der Waals surface area (Å²) in [6, 6.07) is 11.5. The number of benzene rings is 2. The Balaban J connectivity index is 2.00. The molecular weight excluding hydrogens is 422 g/mol. The zero-order valence-corrected chi connectivity index (χ0v) is 16.4. The van der Waals surface area contributed by atoms with Crippen LogP contribution in [0.25, 0.3) is 11.0 Å². The van der Waals surface area contributed by atoms with Crippen LogP contribution in [0.5, 0.6) is 0 Å². The minimum Gasteiger partial charge on any atom is -0.316 e. The average Bonchev–Trinajstić information content (AvgIpc) is 2.55. The first-order chi connectivity index (χ1) is 12.1. The maximum atomic E-state index is 12.8. The molecule has 3 aromatic rings. The van der Waals surface area contributed by atoms with E-state index in [2.05, 4.69) is 30.6 Å². The zero-order chi connectivity index (χ0) is 19.1. The molecule has 0 unspecified atom stereocenters. The number of H-pyrrole nitrogens is 2. The Hall–Kier alpha value is -2.23. The minimum atomic E-state index is -3.87. The SMILES string of the molecule is CC(C)(NS(=O)(=O)c1ccc2[nH]c(=O)c(=O)[nH]c2c1)c1ccc(Br)cc1. The van der Waals surface area contributed by atoms with Crippen LogP contribution in [0.1, 0.15) is 19.4 Å². The van der Waals surface area contributed by atoms with Crippen LogP contribution in [0.3, 0.4) is 0 Å². The van der Waals surface area contributed by atoms with E-state index in [1.807, 2.05) is 24.3 Å². The predicted octanol–water partition coefficient (Wildman–Crippen LogP) is 2.19. The summed E-state index contributed by atoms with van der Waals surface area (Å²) < 4.78 is 29.2. The first kappa shape index (κ1) is 18.6. The lowest BCUT2D eigenvalue weighted by Gasteiger charge is -2.26. The number of aromatic amines is 2. The van der Waals surface area contributed by atoms with Gasteiger partial charge < -0.3 is 9.97 Å². The van der Waals surface area contributed by atoms with Crippen LogP contribution >= 0.6 is 15.9 Å². The van der Waals surface area contributed by atoms with Gasteiger partial charge in [0.1, 0.15) is 0 Å². The molecule has 136 valence electrons. The summed E-state index contributed by atoms with van der Waals surface area (Å²) >= 11 is 3.35. The molecule has 1 heterocycles. The Morgan fingerprint density at radius 3 is 2.12 bits per heavy atom. The molecule has 0 aliphatic rings. The molecule has 3 rings (SSSR count). The second-order valence-electron chi connectivity index (χ2n) is 6.35. The second kappa shape index (κ2) is 6.49. The van der Waals surface area contributed by atoms with Gasteiger partial charge in [-0.2, -0.15) is 0 Å². The molecule has 3 N–H and O–H groups in total. The van der Waals surface area contributed by atoms with Crippen molar-refractivity contribution in [3.63, 3.8) is 0 Å². The topological polar surface area (TPSA) is 112 Å². The van der Waals surface area contributed by atoms with Gasteiger partial charge in [0.05, 0.1) is 21.5 Å². The maximum absolute atomic E-state index is 12.8. The van der Waals surface area contributed by atoms with E-state index in [0.29, 0.717) is 5.52 Å². The maximum Gasteiger partial charge on any atom is 0.314 e. The van der Waals surface area contributed by atoms with E-state index < -0.39 is 26.7 Å². The van der Waals surface area contributed by atoms with Crippen molar-refractivity contribution in [2.24, 2.45) is 0 Å². The number of rotatable bonds is 4. The van der Waals surface area contributed by atoms with Crippen LogP contribution in [-0.2, 0) is 15.6 Å². The number of fused-ring (bicyclic) bond motifs is 1. The monoisotopic (exact) mass is 437 g/mol. The van der Waals surface area contributed by atoms with E-state index in [0.717, 1.165) is 10.0 Å². The van der Waals surface area contributed by atoms with Crippen molar-refractivity contribution in [2.75, 3.05) is 0 Å².